The molecular weight excluding hydrogens is 194 g/mol. The first kappa shape index (κ1) is 14.4. The van der Waals surface area contributed by atoms with Crippen molar-refractivity contribution in [2.24, 2.45) is 0 Å². The average Bonchev–Trinajstić information content (AvgIpc) is 2.24. The fourth-order valence-corrected chi connectivity index (χ4v) is 1.38. The maximum atomic E-state index is 11.6. The van der Waals surface area contributed by atoms with Crippen molar-refractivity contribution >= 4 is 5.91 Å². The summed E-state index contributed by atoms with van der Waals surface area (Å²) in [5.41, 5.74) is 0. The van der Waals surface area contributed by atoms with Gasteiger partial charge in [0.05, 0.1) is 6.61 Å². The van der Waals surface area contributed by atoms with Gasteiger partial charge in [0.15, 0.2) is 0 Å². The van der Waals surface area contributed by atoms with E-state index in [1.165, 1.54) is 0 Å². The summed E-state index contributed by atoms with van der Waals surface area (Å²) in [4.78, 5) is 13.4. The molecule has 0 aliphatic heterocycles. The lowest BCUT2D eigenvalue weighted by Crippen LogP contribution is -2.34. The standard InChI is InChI=1S/C11H23NO3/c1-3-7-12(8-9-13)11(14)6-5-10-15-4-2/h13H,3-10H2,1-2H3. The molecule has 4 nitrogen and oxygen atoms in total. The number of aliphatic hydroxyl groups excluding tert-OH is 1. The van der Waals surface area contributed by atoms with Crippen molar-refractivity contribution in [3.8, 4) is 0 Å². The molecule has 4 heteroatoms. The van der Waals surface area contributed by atoms with Crippen molar-refractivity contribution in [3.05, 3.63) is 0 Å². The van der Waals surface area contributed by atoms with Gasteiger partial charge in [-0.15, -0.1) is 0 Å². The molecule has 0 aromatic rings. The van der Waals surface area contributed by atoms with Crippen LogP contribution in [0.4, 0.5) is 0 Å². The average molecular weight is 217 g/mol. The van der Waals surface area contributed by atoms with Crippen LogP contribution in [-0.2, 0) is 9.53 Å². The highest BCUT2D eigenvalue weighted by molar-refractivity contribution is 5.76. The van der Waals surface area contributed by atoms with Crippen molar-refractivity contribution < 1.29 is 14.6 Å². The van der Waals surface area contributed by atoms with Crippen molar-refractivity contribution in [2.45, 2.75) is 33.1 Å². The number of carbonyl (C=O) groups is 1. The fourth-order valence-electron chi connectivity index (χ4n) is 1.38. The summed E-state index contributed by atoms with van der Waals surface area (Å²) in [6.45, 7) is 6.52. The van der Waals surface area contributed by atoms with Crippen molar-refractivity contribution in [1.29, 1.82) is 0 Å². The molecule has 0 saturated heterocycles. The lowest BCUT2D eigenvalue weighted by molar-refractivity contribution is -0.132. The summed E-state index contributed by atoms with van der Waals surface area (Å²) in [7, 11) is 0. The van der Waals surface area contributed by atoms with E-state index < -0.39 is 0 Å². The molecule has 0 bridgehead atoms. The van der Waals surface area contributed by atoms with Crippen molar-refractivity contribution in [2.75, 3.05) is 32.9 Å². The Morgan fingerprint density at radius 3 is 2.60 bits per heavy atom. The van der Waals surface area contributed by atoms with Crippen LogP contribution < -0.4 is 0 Å². The van der Waals surface area contributed by atoms with E-state index in [1.807, 2.05) is 13.8 Å². The summed E-state index contributed by atoms with van der Waals surface area (Å²) in [5, 5.41) is 8.80. The van der Waals surface area contributed by atoms with Gasteiger partial charge in [-0.1, -0.05) is 6.92 Å². The number of nitrogens with zero attached hydrogens (tertiary/aromatic N) is 1. The van der Waals surface area contributed by atoms with Crippen molar-refractivity contribution in [1.82, 2.24) is 4.90 Å². The third kappa shape index (κ3) is 7.33. The minimum atomic E-state index is 0.0389. The Morgan fingerprint density at radius 2 is 2.07 bits per heavy atom. The summed E-state index contributed by atoms with van der Waals surface area (Å²) >= 11 is 0. The monoisotopic (exact) mass is 217 g/mol. The molecule has 0 spiro atoms. The highest BCUT2D eigenvalue weighted by atomic mass is 16.5. The van der Waals surface area contributed by atoms with E-state index in [1.54, 1.807) is 4.90 Å². The second kappa shape index (κ2) is 9.93. The Hall–Kier alpha value is -0.610. The van der Waals surface area contributed by atoms with Gasteiger partial charge in [-0.2, -0.15) is 0 Å². The van der Waals surface area contributed by atoms with Crippen LogP contribution >= 0.6 is 0 Å². The van der Waals surface area contributed by atoms with E-state index in [-0.39, 0.29) is 12.5 Å². The van der Waals surface area contributed by atoms with Gasteiger partial charge in [0.25, 0.3) is 0 Å². The Bertz CT molecular complexity index is 156. The summed E-state index contributed by atoms with van der Waals surface area (Å²) in [6.07, 6.45) is 2.20. The molecular formula is C11H23NO3. The van der Waals surface area contributed by atoms with Gasteiger partial charge in [0.2, 0.25) is 5.91 Å². The van der Waals surface area contributed by atoms with Crippen LogP contribution in [0.5, 0.6) is 0 Å². The summed E-state index contributed by atoms with van der Waals surface area (Å²) in [5.74, 6) is 0.116. The minimum absolute atomic E-state index is 0.0389. The van der Waals surface area contributed by atoms with Gasteiger partial charge in [0, 0.05) is 32.7 Å². The molecule has 0 atom stereocenters. The van der Waals surface area contributed by atoms with Crippen LogP contribution in [0.2, 0.25) is 0 Å². The molecule has 0 saturated carbocycles. The number of aliphatic hydroxyl groups is 1. The van der Waals surface area contributed by atoms with Gasteiger partial charge >= 0.3 is 0 Å². The molecule has 1 N–H and O–H groups in total. The number of rotatable bonds is 9. The van der Waals surface area contributed by atoms with E-state index in [0.717, 1.165) is 19.4 Å². The smallest absolute Gasteiger partial charge is 0.222 e. The van der Waals surface area contributed by atoms with Gasteiger partial charge < -0.3 is 14.7 Å². The Labute approximate surface area is 92.2 Å². The first-order valence-corrected chi connectivity index (χ1v) is 5.72. The second-order valence-corrected chi connectivity index (χ2v) is 3.40. The number of amides is 1. The van der Waals surface area contributed by atoms with Crippen LogP contribution in [-0.4, -0.2) is 48.8 Å². The quantitative estimate of drug-likeness (QED) is 0.587. The van der Waals surface area contributed by atoms with Gasteiger partial charge in [-0.25, -0.2) is 0 Å². The molecule has 90 valence electrons. The maximum absolute atomic E-state index is 11.6. The van der Waals surface area contributed by atoms with Crippen LogP contribution in [0, 0.1) is 0 Å². The highest BCUT2D eigenvalue weighted by Crippen LogP contribution is 1.99. The molecule has 0 rings (SSSR count). The lowest BCUT2D eigenvalue weighted by Gasteiger charge is -2.20. The highest BCUT2D eigenvalue weighted by Gasteiger charge is 2.10. The first-order valence-electron chi connectivity index (χ1n) is 5.72. The topological polar surface area (TPSA) is 49.8 Å². The molecule has 0 aromatic carbocycles. The van der Waals surface area contributed by atoms with Crippen LogP contribution in [0.15, 0.2) is 0 Å². The summed E-state index contributed by atoms with van der Waals surface area (Å²) in [6, 6.07) is 0. The van der Waals surface area contributed by atoms with Gasteiger partial charge in [0.1, 0.15) is 0 Å². The molecule has 0 unspecified atom stereocenters. The Morgan fingerprint density at radius 1 is 1.33 bits per heavy atom. The molecule has 0 heterocycles. The van der Waals surface area contributed by atoms with Crippen LogP contribution in [0.3, 0.4) is 0 Å². The zero-order chi connectivity index (χ0) is 11.5. The van der Waals surface area contributed by atoms with E-state index in [2.05, 4.69) is 0 Å². The predicted octanol–water partition coefficient (Wildman–Crippen LogP) is 1.03. The second-order valence-electron chi connectivity index (χ2n) is 3.40. The largest absolute Gasteiger partial charge is 0.395 e. The molecule has 0 aromatic heterocycles. The molecule has 1 amide bonds. The lowest BCUT2D eigenvalue weighted by atomic mass is 10.2. The molecule has 0 fully saturated rings. The van der Waals surface area contributed by atoms with E-state index >= 15 is 0 Å². The van der Waals surface area contributed by atoms with E-state index in [9.17, 15) is 4.79 Å². The van der Waals surface area contributed by atoms with Crippen LogP contribution in [0.1, 0.15) is 33.1 Å². The number of carbonyl (C=O) groups excluding carboxylic acids is 1. The van der Waals surface area contributed by atoms with Crippen LogP contribution in [0.25, 0.3) is 0 Å². The number of hydrogen-bond donors (Lipinski definition) is 1. The molecule has 0 aliphatic rings. The van der Waals surface area contributed by atoms with Crippen molar-refractivity contribution in [3.63, 3.8) is 0 Å². The third-order valence-corrected chi connectivity index (χ3v) is 2.10. The molecule has 0 radical (unpaired) electrons. The Kier molecular flexibility index (Phi) is 9.52. The van der Waals surface area contributed by atoms with E-state index in [0.29, 0.717) is 26.2 Å². The molecule has 0 aliphatic carbocycles. The zero-order valence-corrected chi connectivity index (χ0v) is 9.87. The van der Waals surface area contributed by atoms with E-state index in [4.69, 9.17) is 9.84 Å². The normalized spacial score (nSPS) is 10.3. The first-order chi connectivity index (χ1) is 7.26. The van der Waals surface area contributed by atoms with Gasteiger partial charge in [-0.05, 0) is 19.8 Å². The maximum Gasteiger partial charge on any atom is 0.222 e. The van der Waals surface area contributed by atoms with Gasteiger partial charge in [-0.3, -0.25) is 4.79 Å². The fraction of sp³-hybridized carbons (Fsp3) is 0.909. The molecule has 15 heavy (non-hydrogen) atoms. The predicted molar refractivity (Wildman–Crippen MR) is 59.7 cm³/mol. The third-order valence-electron chi connectivity index (χ3n) is 2.10. The number of ether oxygens (including phenoxy) is 1. The number of hydrogen-bond acceptors (Lipinski definition) is 3. The Balaban J connectivity index is 3.70. The summed E-state index contributed by atoms with van der Waals surface area (Å²) < 4.78 is 5.16. The SMILES string of the molecule is CCCN(CCO)C(=O)CCCOCC. The zero-order valence-electron chi connectivity index (χ0n) is 9.87. The minimum Gasteiger partial charge on any atom is -0.395 e.